The molecule has 1 aliphatic heterocycles. The normalized spacial score (nSPS) is 21.1. The number of nitrogens with one attached hydrogen (secondary N) is 1. The summed E-state index contributed by atoms with van der Waals surface area (Å²) in [7, 11) is 1.81. The number of rotatable bonds is 5. The van der Waals surface area contributed by atoms with Gasteiger partial charge in [0.2, 0.25) is 0 Å². The third-order valence-corrected chi connectivity index (χ3v) is 4.99. The molecule has 1 N–H and O–H groups in total. The molecule has 0 radical (unpaired) electrons. The van der Waals surface area contributed by atoms with E-state index in [-0.39, 0.29) is 11.4 Å². The van der Waals surface area contributed by atoms with E-state index in [0.29, 0.717) is 12.2 Å². The quantitative estimate of drug-likeness (QED) is 0.918. The third kappa shape index (κ3) is 3.51. The average molecular weight is 326 g/mol. The van der Waals surface area contributed by atoms with Gasteiger partial charge in [-0.2, -0.15) is 5.10 Å². The highest BCUT2D eigenvalue weighted by Gasteiger charge is 2.36. The molecule has 2 heterocycles. The van der Waals surface area contributed by atoms with Crippen molar-refractivity contribution in [3.8, 4) is 0 Å². The van der Waals surface area contributed by atoms with E-state index in [2.05, 4.69) is 46.5 Å². The zero-order valence-corrected chi connectivity index (χ0v) is 14.7. The van der Waals surface area contributed by atoms with Gasteiger partial charge in [0, 0.05) is 25.7 Å². The molecule has 1 atom stereocenters. The Labute approximate surface area is 143 Å². The lowest BCUT2D eigenvalue weighted by molar-refractivity contribution is 0.0888. The van der Waals surface area contributed by atoms with Gasteiger partial charge in [0.25, 0.3) is 5.91 Å². The lowest BCUT2D eigenvalue weighted by atomic mass is 9.98. The molecule has 0 saturated carbocycles. The summed E-state index contributed by atoms with van der Waals surface area (Å²) >= 11 is 0. The predicted molar refractivity (Wildman–Crippen MR) is 94.8 cm³/mol. The largest absolute Gasteiger partial charge is 0.349 e. The minimum Gasteiger partial charge on any atom is -0.349 e. The lowest BCUT2D eigenvalue weighted by Crippen LogP contribution is -2.49. The molecule has 128 valence electrons. The summed E-state index contributed by atoms with van der Waals surface area (Å²) in [5, 5.41) is 7.36. The number of benzene rings is 1. The second-order valence-electron chi connectivity index (χ2n) is 6.98. The monoisotopic (exact) mass is 326 g/mol. The van der Waals surface area contributed by atoms with Crippen LogP contribution < -0.4 is 5.32 Å². The van der Waals surface area contributed by atoms with E-state index in [4.69, 9.17) is 0 Å². The first-order chi connectivity index (χ1) is 11.5. The summed E-state index contributed by atoms with van der Waals surface area (Å²) in [6.45, 7) is 6.81. The van der Waals surface area contributed by atoms with E-state index in [9.17, 15) is 4.79 Å². The molecule has 0 unspecified atom stereocenters. The number of carbonyl (C=O) groups excluding carboxylic acids is 1. The zero-order valence-electron chi connectivity index (χ0n) is 14.7. The van der Waals surface area contributed by atoms with Gasteiger partial charge in [-0.3, -0.25) is 14.4 Å². The fourth-order valence-corrected chi connectivity index (χ4v) is 3.54. The molecule has 3 rings (SSSR count). The van der Waals surface area contributed by atoms with E-state index in [1.807, 2.05) is 19.1 Å². The van der Waals surface area contributed by atoms with Gasteiger partial charge in [-0.05, 0) is 44.9 Å². The molecule has 0 bridgehead atoms. The number of hydrogen-bond donors (Lipinski definition) is 1. The van der Waals surface area contributed by atoms with Gasteiger partial charge in [-0.15, -0.1) is 0 Å². The van der Waals surface area contributed by atoms with E-state index in [1.54, 1.807) is 11.7 Å². The topological polar surface area (TPSA) is 50.2 Å². The van der Waals surface area contributed by atoms with Crippen LogP contribution in [0.3, 0.4) is 0 Å². The van der Waals surface area contributed by atoms with Crippen LogP contribution in [0.1, 0.15) is 41.5 Å². The SMILES string of the molecule is Cc1cc(C(=O)NC[C@@]2(C)CCCN2Cc2ccccc2)n(C)n1. The Bertz CT molecular complexity index is 709. The van der Waals surface area contributed by atoms with E-state index in [0.717, 1.165) is 25.2 Å². The fraction of sp³-hybridized carbons (Fsp3) is 0.474. The van der Waals surface area contributed by atoms with Crippen molar-refractivity contribution in [3.63, 3.8) is 0 Å². The average Bonchev–Trinajstić information content (AvgIpc) is 3.09. The van der Waals surface area contributed by atoms with Crippen LogP contribution in [-0.4, -0.2) is 39.2 Å². The van der Waals surface area contributed by atoms with Crippen molar-refractivity contribution >= 4 is 5.91 Å². The molecular weight excluding hydrogens is 300 g/mol. The number of aryl methyl sites for hydroxylation is 2. The third-order valence-electron chi connectivity index (χ3n) is 4.99. The highest BCUT2D eigenvalue weighted by molar-refractivity contribution is 5.92. The molecule has 24 heavy (non-hydrogen) atoms. The Balaban J connectivity index is 1.64. The maximum Gasteiger partial charge on any atom is 0.269 e. The van der Waals surface area contributed by atoms with E-state index < -0.39 is 0 Å². The van der Waals surface area contributed by atoms with Crippen molar-refractivity contribution in [2.75, 3.05) is 13.1 Å². The van der Waals surface area contributed by atoms with Gasteiger partial charge in [-0.1, -0.05) is 30.3 Å². The van der Waals surface area contributed by atoms with Gasteiger partial charge in [-0.25, -0.2) is 0 Å². The van der Waals surface area contributed by atoms with Gasteiger partial charge >= 0.3 is 0 Å². The standard InChI is InChI=1S/C19H26N4O/c1-15-12-17(22(3)21-15)18(24)20-14-19(2)10-7-11-23(19)13-16-8-5-4-6-9-16/h4-6,8-9,12H,7,10-11,13-14H2,1-3H3,(H,20,24)/t19-/m1/s1. The van der Waals surface area contributed by atoms with Crippen LogP contribution in [-0.2, 0) is 13.6 Å². The summed E-state index contributed by atoms with van der Waals surface area (Å²) in [5.41, 5.74) is 2.79. The Morgan fingerprint density at radius 1 is 1.33 bits per heavy atom. The van der Waals surface area contributed by atoms with Crippen LogP contribution in [0.15, 0.2) is 36.4 Å². The highest BCUT2D eigenvalue weighted by atomic mass is 16.2. The van der Waals surface area contributed by atoms with Crippen molar-refractivity contribution in [2.24, 2.45) is 7.05 Å². The summed E-state index contributed by atoms with van der Waals surface area (Å²) < 4.78 is 1.64. The van der Waals surface area contributed by atoms with Crippen LogP contribution in [0, 0.1) is 6.92 Å². The number of hydrogen-bond acceptors (Lipinski definition) is 3. The molecule has 1 aromatic carbocycles. The molecule has 1 fully saturated rings. The Morgan fingerprint density at radius 2 is 2.08 bits per heavy atom. The summed E-state index contributed by atoms with van der Waals surface area (Å²) in [6.07, 6.45) is 2.27. The summed E-state index contributed by atoms with van der Waals surface area (Å²) in [6, 6.07) is 12.4. The molecule has 5 heteroatoms. The first-order valence-electron chi connectivity index (χ1n) is 8.56. The minimum absolute atomic E-state index is 0.000854. The Kier molecular flexibility index (Phi) is 4.71. The fourth-order valence-electron chi connectivity index (χ4n) is 3.54. The number of carbonyl (C=O) groups is 1. The van der Waals surface area contributed by atoms with Crippen molar-refractivity contribution in [2.45, 2.75) is 38.8 Å². The van der Waals surface area contributed by atoms with Crippen molar-refractivity contribution in [1.29, 1.82) is 0 Å². The molecule has 1 amide bonds. The second-order valence-corrected chi connectivity index (χ2v) is 6.98. The smallest absolute Gasteiger partial charge is 0.269 e. The van der Waals surface area contributed by atoms with E-state index >= 15 is 0 Å². The van der Waals surface area contributed by atoms with Crippen LogP contribution in [0.5, 0.6) is 0 Å². The van der Waals surface area contributed by atoms with Crippen molar-refractivity contribution in [3.05, 3.63) is 53.3 Å². The first kappa shape index (κ1) is 16.7. The maximum atomic E-state index is 12.5. The molecule has 0 spiro atoms. The molecule has 5 nitrogen and oxygen atoms in total. The number of aromatic nitrogens is 2. The first-order valence-corrected chi connectivity index (χ1v) is 8.56. The van der Waals surface area contributed by atoms with Gasteiger partial charge in [0.1, 0.15) is 5.69 Å². The number of nitrogens with zero attached hydrogens (tertiary/aromatic N) is 3. The Morgan fingerprint density at radius 3 is 2.75 bits per heavy atom. The zero-order chi connectivity index (χ0) is 17.2. The maximum absolute atomic E-state index is 12.5. The Hall–Kier alpha value is -2.14. The summed E-state index contributed by atoms with van der Waals surface area (Å²) in [4.78, 5) is 14.9. The van der Waals surface area contributed by atoms with Crippen LogP contribution in [0.2, 0.25) is 0 Å². The predicted octanol–water partition coefficient (Wildman–Crippen LogP) is 2.51. The van der Waals surface area contributed by atoms with Crippen molar-refractivity contribution in [1.82, 2.24) is 20.0 Å². The van der Waals surface area contributed by atoms with Gasteiger partial charge in [0.15, 0.2) is 0 Å². The summed E-state index contributed by atoms with van der Waals surface area (Å²) in [5.74, 6) is -0.0501. The molecule has 1 aromatic heterocycles. The van der Waals surface area contributed by atoms with Crippen LogP contribution in [0.25, 0.3) is 0 Å². The van der Waals surface area contributed by atoms with Gasteiger partial charge < -0.3 is 5.32 Å². The number of likely N-dealkylation sites (tertiary alicyclic amines) is 1. The highest BCUT2D eigenvalue weighted by Crippen LogP contribution is 2.30. The second kappa shape index (κ2) is 6.77. The lowest BCUT2D eigenvalue weighted by Gasteiger charge is -2.35. The van der Waals surface area contributed by atoms with E-state index in [1.165, 1.54) is 12.0 Å². The molecule has 1 saturated heterocycles. The van der Waals surface area contributed by atoms with Crippen LogP contribution >= 0.6 is 0 Å². The molecule has 2 aromatic rings. The molecule has 1 aliphatic rings. The number of amides is 1. The van der Waals surface area contributed by atoms with Crippen LogP contribution in [0.4, 0.5) is 0 Å². The van der Waals surface area contributed by atoms with Gasteiger partial charge in [0.05, 0.1) is 5.69 Å². The van der Waals surface area contributed by atoms with Crippen molar-refractivity contribution < 1.29 is 4.79 Å². The molecule has 0 aliphatic carbocycles. The minimum atomic E-state index is -0.0501. The molecular formula is C19H26N4O.